The lowest BCUT2D eigenvalue weighted by atomic mass is 9.86. The number of hydrogen-bond donors (Lipinski definition) is 0. The zero-order valence-corrected chi connectivity index (χ0v) is 10.5. The van der Waals surface area contributed by atoms with Crippen LogP contribution in [-0.4, -0.2) is 17.4 Å². The molecule has 0 fully saturated rings. The summed E-state index contributed by atoms with van der Waals surface area (Å²) >= 11 is 5.33. The molecule has 0 radical (unpaired) electrons. The van der Waals surface area contributed by atoms with E-state index in [0.717, 1.165) is 5.56 Å². The van der Waals surface area contributed by atoms with Gasteiger partial charge in [0.2, 0.25) is 11.6 Å². The first-order chi connectivity index (χ1) is 7.36. The summed E-state index contributed by atoms with van der Waals surface area (Å²) in [5, 5.41) is 0. The van der Waals surface area contributed by atoms with Crippen LogP contribution in [0, 0.1) is 0 Å². The minimum Gasteiger partial charge on any atom is -0.289 e. The Morgan fingerprint density at radius 2 is 1.62 bits per heavy atom. The van der Waals surface area contributed by atoms with Gasteiger partial charge in [0.1, 0.15) is 0 Å². The molecule has 0 saturated heterocycles. The Bertz CT molecular complexity index is 399. The van der Waals surface area contributed by atoms with Crippen molar-refractivity contribution in [2.24, 2.45) is 0 Å². The van der Waals surface area contributed by atoms with Crippen molar-refractivity contribution in [3.8, 4) is 0 Å². The van der Waals surface area contributed by atoms with Crippen molar-refractivity contribution in [3.05, 3.63) is 35.4 Å². The van der Waals surface area contributed by atoms with E-state index < -0.39 is 11.6 Å². The second-order valence-electron chi connectivity index (χ2n) is 4.71. The van der Waals surface area contributed by atoms with Gasteiger partial charge in [-0.25, -0.2) is 0 Å². The van der Waals surface area contributed by atoms with Gasteiger partial charge in [-0.2, -0.15) is 0 Å². The van der Waals surface area contributed by atoms with Crippen LogP contribution in [-0.2, 0) is 10.2 Å². The normalized spacial score (nSPS) is 11.2. The Balaban J connectivity index is 2.96. The highest BCUT2D eigenvalue weighted by Crippen LogP contribution is 2.22. The molecule has 0 saturated carbocycles. The molecule has 1 aromatic carbocycles. The lowest BCUT2D eigenvalue weighted by Crippen LogP contribution is -2.16. The van der Waals surface area contributed by atoms with Crippen LogP contribution in [0.2, 0.25) is 0 Å². The third-order valence-electron chi connectivity index (χ3n) is 2.39. The summed E-state index contributed by atoms with van der Waals surface area (Å²) in [6.45, 7) is 6.27. The molecule has 0 aromatic heterocycles. The van der Waals surface area contributed by atoms with E-state index in [2.05, 4.69) is 20.8 Å². The number of rotatable bonds is 3. The summed E-state index contributed by atoms with van der Waals surface area (Å²) in [7, 11) is 0. The number of carbonyl (C=O) groups excluding carboxylic acids is 2. The summed E-state index contributed by atoms with van der Waals surface area (Å²) in [6, 6.07) is 7.09. The summed E-state index contributed by atoms with van der Waals surface area (Å²) in [6.07, 6.45) is 0. The molecule has 0 unspecified atom stereocenters. The second-order valence-corrected chi connectivity index (χ2v) is 4.98. The van der Waals surface area contributed by atoms with E-state index >= 15 is 0 Å². The van der Waals surface area contributed by atoms with Crippen molar-refractivity contribution >= 4 is 23.2 Å². The summed E-state index contributed by atoms with van der Waals surface area (Å²) in [5.74, 6) is -1.35. The van der Waals surface area contributed by atoms with Crippen LogP contribution in [0.15, 0.2) is 24.3 Å². The third-order valence-corrected chi connectivity index (χ3v) is 2.63. The minimum atomic E-state index is -0.565. The van der Waals surface area contributed by atoms with E-state index in [1.165, 1.54) is 0 Å². The number of hydrogen-bond acceptors (Lipinski definition) is 2. The molecule has 1 rings (SSSR count). The lowest BCUT2D eigenvalue weighted by molar-refractivity contribution is -0.112. The molecule has 2 nitrogen and oxygen atoms in total. The molecule has 0 aliphatic heterocycles. The van der Waals surface area contributed by atoms with Crippen molar-refractivity contribution in [3.63, 3.8) is 0 Å². The average Bonchev–Trinajstić information content (AvgIpc) is 2.26. The molecule has 86 valence electrons. The maximum absolute atomic E-state index is 11.5. The number of alkyl halides is 1. The maximum atomic E-state index is 11.5. The molecule has 3 heteroatoms. The van der Waals surface area contributed by atoms with Gasteiger partial charge < -0.3 is 0 Å². The molecule has 0 heterocycles. The summed E-state index contributed by atoms with van der Waals surface area (Å²) < 4.78 is 0. The lowest BCUT2D eigenvalue weighted by Gasteiger charge is -2.18. The summed E-state index contributed by atoms with van der Waals surface area (Å²) in [4.78, 5) is 22.6. The predicted octanol–water partition coefficient (Wildman–Crippen LogP) is 2.97. The smallest absolute Gasteiger partial charge is 0.229 e. The van der Waals surface area contributed by atoms with E-state index in [1.807, 2.05) is 12.1 Å². The van der Waals surface area contributed by atoms with Crippen LogP contribution < -0.4 is 0 Å². The Kier molecular flexibility index (Phi) is 3.87. The van der Waals surface area contributed by atoms with Crippen LogP contribution in [0.5, 0.6) is 0 Å². The fourth-order valence-corrected chi connectivity index (χ4v) is 1.46. The monoisotopic (exact) mass is 238 g/mol. The van der Waals surface area contributed by atoms with Crippen LogP contribution >= 0.6 is 11.6 Å². The van der Waals surface area contributed by atoms with Crippen molar-refractivity contribution in [2.75, 3.05) is 5.88 Å². The van der Waals surface area contributed by atoms with E-state index in [-0.39, 0.29) is 11.3 Å². The van der Waals surface area contributed by atoms with Crippen molar-refractivity contribution < 1.29 is 9.59 Å². The number of ketones is 2. The van der Waals surface area contributed by atoms with E-state index in [9.17, 15) is 9.59 Å². The molecular weight excluding hydrogens is 224 g/mol. The Morgan fingerprint density at radius 1 is 1.12 bits per heavy atom. The van der Waals surface area contributed by atoms with Gasteiger partial charge in [-0.05, 0) is 11.0 Å². The highest BCUT2D eigenvalue weighted by Gasteiger charge is 2.17. The zero-order chi connectivity index (χ0) is 12.3. The zero-order valence-electron chi connectivity index (χ0n) is 9.71. The highest BCUT2D eigenvalue weighted by molar-refractivity contribution is 6.51. The molecule has 1 aromatic rings. The minimum absolute atomic E-state index is 0.0398. The predicted molar refractivity (Wildman–Crippen MR) is 65.2 cm³/mol. The molecule has 0 spiro atoms. The summed E-state index contributed by atoms with van der Waals surface area (Å²) in [5.41, 5.74) is 1.57. The van der Waals surface area contributed by atoms with Crippen molar-refractivity contribution in [1.82, 2.24) is 0 Å². The van der Waals surface area contributed by atoms with E-state index in [0.29, 0.717) is 5.56 Å². The standard InChI is InChI=1S/C13H15ClO2/c1-13(2,3)10-6-4-9(5-7-10)12(16)11(15)8-14/h4-7H,8H2,1-3H3. The van der Waals surface area contributed by atoms with Crippen LogP contribution in [0.1, 0.15) is 36.7 Å². The van der Waals surface area contributed by atoms with Crippen LogP contribution in [0.4, 0.5) is 0 Å². The van der Waals surface area contributed by atoms with Gasteiger partial charge in [0, 0.05) is 5.56 Å². The second kappa shape index (κ2) is 4.79. The van der Waals surface area contributed by atoms with E-state index in [4.69, 9.17) is 11.6 Å². The SMILES string of the molecule is CC(C)(C)c1ccc(C(=O)C(=O)CCl)cc1. The van der Waals surface area contributed by atoms with Crippen molar-refractivity contribution in [1.29, 1.82) is 0 Å². The first-order valence-electron chi connectivity index (χ1n) is 5.10. The van der Waals surface area contributed by atoms with Crippen LogP contribution in [0.3, 0.4) is 0 Å². The Labute approximate surface area is 101 Å². The molecule has 16 heavy (non-hydrogen) atoms. The molecule has 0 aliphatic rings. The molecule has 0 atom stereocenters. The largest absolute Gasteiger partial charge is 0.289 e. The Morgan fingerprint density at radius 3 is 2.00 bits per heavy atom. The van der Waals surface area contributed by atoms with Crippen molar-refractivity contribution in [2.45, 2.75) is 26.2 Å². The fourth-order valence-electron chi connectivity index (χ4n) is 1.34. The molecular formula is C13H15ClO2. The number of benzene rings is 1. The van der Waals surface area contributed by atoms with Gasteiger partial charge in [-0.3, -0.25) is 9.59 Å². The van der Waals surface area contributed by atoms with Gasteiger partial charge in [-0.15, -0.1) is 11.6 Å². The fraction of sp³-hybridized carbons (Fsp3) is 0.385. The molecule has 0 N–H and O–H groups in total. The topological polar surface area (TPSA) is 34.1 Å². The van der Waals surface area contributed by atoms with Gasteiger partial charge in [0.15, 0.2) is 0 Å². The Hall–Kier alpha value is -1.15. The van der Waals surface area contributed by atoms with Gasteiger partial charge >= 0.3 is 0 Å². The molecule has 0 amide bonds. The number of carbonyl (C=O) groups is 2. The maximum Gasteiger partial charge on any atom is 0.229 e. The molecule has 0 bridgehead atoms. The highest BCUT2D eigenvalue weighted by atomic mass is 35.5. The van der Waals surface area contributed by atoms with Gasteiger partial charge in [0.25, 0.3) is 0 Å². The van der Waals surface area contributed by atoms with Gasteiger partial charge in [-0.1, -0.05) is 45.0 Å². The first kappa shape index (κ1) is 12.9. The first-order valence-corrected chi connectivity index (χ1v) is 5.63. The van der Waals surface area contributed by atoms with E-state index in [1.54, 1.807) is 12.1 Å². The third kappa shape index (κ3) is 2.92. The number of Topliss-reactive ketones (excluding diaryl/α,β-unsaturated/α-hetero) is 2. The van der Waals surface area contributed by atoms with Gasteiger partial charge in [0.05, 0.1) is 5.88 Å². The average molecular weight is 239 g/mol. The number of halogens is 1. The molecule has 0 aliphatic carbocycles. The van der Waals surface area contributed by atoms with Crippen LogP contribution in [0.25, 0.3) is 0 Å². The quantitative estimate of drug-likeness (QED) is 0.461.